The molecule has 0 aromatic rings. The number of hydrogen-bond donors (Lipinski definition) is 2. The predicted octanol–water partition coefficient (Wildman–Crippen LogP) is 0.881. The van der Waals surface area contributed by atoms with Gasteiger partial charge in [0, 0.05) is 22.9 Å². The van der Waals surface area contributed by atoms with Crippen molar-refractivity contribution in [3.63, 3.8) is 0 Å². The van der Waals surface area contributed by atoms with Crippen LogP contribution < -0.4 is 8.85 Å². The van der Waals surface area contributed by atoms with Gasteiger partial charge in [-0.25, -0.2) is 3.53 Å². The second-order valence-electron chi connectivity index (χ2n) is 1.36. The standard InChI is InChI=1S/C4H11IN2/c1-3-4(6-2)7-5/h4,6-7H,3H2,1-2H3. The molecule has 0 aliphatic heterocycles. The molecule has 1 atom stereocenters. The molecule has 0 radical (unpaired) electrons. The Bertz CT molecular complexity index is 31.2. The maximum Gasteiger partial charge on any atom is 0.0654 e. The number of hydrogen-bond acceptors (Lipinski definition) is 2. The molecule has 0 bridgehead atoms. The Labute approximate surface area is 58.6 Å². The van der Waals surface area contributed by atoms with Crippen LogP contribution in [0.15, 0.2) is 0 Å². The van der Waals surface area contributed by atoms with Gasteiger partial charge in [-0.1, -0.05) is 6.92 Å². The van der Waals surface area contributed by atoms with E-state index in [-0.39, 0.29) is 0 Å². The van der Waals surface area contributed by atoms with Gasteiger partial charge in [0.25, 0.3) is 0 Å². The Morgan fingerprint density at radius 3 is 2.29 bits per heavy atom. The number of halogens is 1. The van der Waals surface area contributed by atoms with Crippen LogP contribution in [-0.2, 0) is 0 Å². The highest BCUT2D eigenvalue weighted by molar-refractivity contribution is 14.1. The van der Waals surface area contributed by atoms with Crippen molar-refractivity contribution in [2.24, 2.45) is 0 Å². The highest BCUT2D eigenvalue weighted by Crippen LogP contribution is 1.85. The lowest BCUT2D eigenvalue weighted by Gasteiger charge is -2.08. The predicted molar refractivity (Wildman–Crippen MR) is 40.3 cm³/mol. The Kier molecular flexibility index (Phi) is 5.25. The molecule has 0 heterocycles. The highest BCUT2D eigenvalue weighted by atomic mass is 127. The maximum absolute atomic E-state index is 3.08. The zero-order valence-corrected chi connectivity index (χ0v) is 6.82. The van der Waals surface area contributed by atoms with Crippen molar-refractivity contribution >= 4 is 22.9 Å². The number of nitrogens with one attached hydrogen (secondary N) is 2. The van der Waals surface area contributed by atoms with E-state index >= 15 is 0 Å². The average Bonchev–Trinajstić information content (AvgIpc) is 1.72. The summed E-state index contributed by atoms with van der Waals surface area (Å²) in [4.78, 5) is 0. The third kappa shape index (κ3) is 3.25. The molecule has 7 heavy (non-hydrogen) atoms. The van der Waals surface area contributed by atoms with Crippen LogP contribution in [0.2, 0.25) is 0 Å². The molecule has 2 nitrogen and oxygen atoms in total. The molecule has 0 aromatic heterocycles. The lowest BCUT2D eigenvalue weighted by Crippen LogP contribution is -2.33. The van der Waals surface area contributed by atoms with Gasteiger partial charge in [0.05, 0.1) is 6.17 Å². The van der Waals surface area contributed by atoms with E-state index in [9.17, 15) is 0 Å². The van der Waals surface area contributed by atoms with E-state index in [0.717, 1.165) is 6.42 Å². The molecular formula is C4H11IN2. The van der Waals surface area contributed by atoms with Crippen LogP contribution in [0.1, 0.15) is 13.3 Å². The highest BCUT2D eigenvalue weighted by Gasteiger charge is 1.94. The second-order valence-corrected chi connectivity index (χ2v) is 1.98. The first-order chi connectivity index (χ1) is 3.35. The Balaban J connectivity index is 2.99. The fourth-order valence-corrected chi connectivity index (χ4v) is 1.09. The third-order valence-corrected chi connectivity index (χ3v) is 1.64. The molecule has 44 valence electrons. The van der Waals surface area contributed by atoms with Gasteiger partial charge >= 0.3 is 0 Å². The molecule has 2 N–H and O–H groups in total. The van der Waals surface area contributed by atoms with Crippen molar-refractivity contribution in [3.8, 4) is 0 Å². The van der Waals surface area contributed by atoms with Crippen LogP contribution in [0.25, 0.3) is 0 Å². The van der Waals surface area contributed by atoms with Crippen LogP contribution >= 0.6 is 22.9 Å². The van der Waals surface area contributed by atoms with Crippen molar-refractivity contribution in [2.45, 2.75) is 19.5 Å². The van der Waals surface area contributed by atoms with E-state index in [4.69, 9.17) is 0 Å². The summed E-state index contributed by atoms with van der Waals surface area (Å²) in [6.07, 6.45) is 1.60. The van der Waals surface area contributed by atoms with E-state index in [1.165, 1.54) is 0 Å². The third-order valence-electron chi connectivity index (χ3n) is 0.888. The van der Waals surface area contributed by atoms with Crippen molar-refractivity contribution < 1.29 is 0 Å². The molecule has 0 aromatic carbocycles. The normalized spacial score (nSPS) is 14.1. The molecule has 0 saturated carbocycles. The first-order valence-corrected chi connectivity index (χ1v) is 3.46. The minimum absolute atomic E-state index is 0.473. The van der Waals surface area contributed by atoms with Gasteiger partial charge in [-0.15, -0.1) is 0 Å². The van der Waals surface area contributed by atoms with E-state index in [1.807, 2.05) is 7.05 Å². The molecule has 1 unspecified atom stereocenters. The molecule has 3 heteroatoms. The summed E-state index contributed by atoms with van der Waals surface area (Å²) in [5.41, 5.74) is 0. The molecule has 0 aliphatic carbocycles. The smallest absolute Gasteiger partial charge is 0.0654 e. The van der Waals surface area contributed by atoms with Gasteiger partial charge in [-0.2, -0.15) is 0 Å². The zero-order valence-electron chi connectivity index (χ0n) is 4.66. The fourth-order valence-electron chi connectivity index (χ4n) is 0.336. The zero-order chi connectivity index (χ0) is 5.70. The van der Waals surface area contributed by atoms with Crippen molar-refractivity contribution in [3.05, 3.63) is 0 Å². The Morgan fingerprint density at radius 1 is 1.71 bits per heavy atom. The van der Waals surface area contributed by atoms with Crippen molar-refractivity contribution in [2.75, 3.05) is 7.05 Å². The minimum atomic E-state index is 0.473. The summed E-state index contributed by atoms with van der Waals surface area (Å²) in [6, 6.07) is 0. The van der Waals surface area contributed by atoms with Gasteiger partial charge in [-0.3, -0.25) is 0 Å². The van der Waals surface area contributed by atoms with Gasteiger partial charge in [0.15, 0.2) is 0 Å². The SMILES string of the molecule is CCC(NC)NI. The quantitative estimate of drug-likeness (QED) is 0.414. The summed E-state index contributed by atoms with van der Waals surface area (Å²) in [6.45, 7) is 2.13. The topological polar surface area (TPSA) is 24.1 Å². The van der Waals surface area contributed by atoms with Crippen LogP contribution in [0, 0.1) is 0 Å². The molecule has 0 fully saturated rings. The molecule has 0 amide bonds. The van der Waals surface area contributed by atoms with Crippen molar-refractivity contribution in [1.82, 2.24) is 8.85 Å². The Hall–Kier alpha value is 0.650. The van der Waals surface area contributed by atoms with Gasteiger partial charge in [0.2, 0.25) is 0 Å². The first-order valence-electron chi connectivity index (χ1n) is 2.38. The molecular weight excluding hydrogens is 203 g/mol. The molecule has 0 rings (SSSR count). The van der Waals surface area contributed by atoms with Crippen LogP contribution in [-0.4, -0.2) is 13.2 Å². The largest absolute Gasteiger partial charge is 0.304 e. The number of rotatable bonds is 3. The second kappa shape index (κ2) is 4.80. The molecule has 0 spiro atoms. The monoisotopic (exact) mass is 214 g/mol. The van der Waals surface area contributed by atoms with Crippen LogP contribution in [0.5, 0.6) is 0 Å². The van der Waals surface area contributed by atoms with E-state index < -0.39 is 0 Å². The first kappa shape index (κ1) is 7.65. The van der Waals surface area contributed by atoms with Crippen LogP contribution in [0.3, 0.4) is 0 Å². The molecule has 0 saturated heterocycles. The van der Waals surface area contributed by atoms with Crippen molar-refractivity contribution in [1.29, 1.82) is 0 Å². The summed E-state index contributed by atoms with van der Waals surface area (Å²) in [7, 11) is 1.94. The Morgan fingerprint density at radius 2 is 2.29 bits per heavy atom. The summed E-state index contributed by atoms with van der Waals surface area (Å²) >= 11 is 2.14. The van der Waals surface area contributed by atoms with Crippen LogP contribution in [0.4, 0.5) is 0 Å². The lowest BCUT2D eigenvalue weighted by atomic mass is 10.4. The summed E-state index contributed by atoms with van der Waals surface area (Å²) in [5, 5.41) is 3.08. The summed E-state index contributed by atoms with van der Waals surface area (Å²) in [5.74, 6) is 0. The maximum atomic E-state index is 3.08. The van der Waals surface area contributed by atoms with E-state index in [2.05, 4.69) is 38.6 Å². The van der Waals surface area contributed by atoms with E-state index in [1.54, 1.807) is 0 Å². The molecule has 0 aliphatic rings. The minimum Gasteiger partial charge on any atom is -0.304 e. The lowest BCUT2D eigenvalue weighted by molar-refractivity contribution is 0.546. The average molecular weight is 214 g/mol. The fraction of sp³-hybridized carbons (Fsp3) is 1.00. The van der Waals surface area contributed by atoms with Gasteiger partial charge in [0.1, 0.15) is 0 Å². The summed E-state index contributed by atoms with van der Waals surface area (Å²) < 4.78 is 3.06. The van der Waals surface area contributed by atoms with Gasteiger partial charge in [-0.05, 0) is 13.5 Å². The van der Waals surface area contributed by atoms with E-state index in [0.29, 0.717) is 6.17 Å². The van der Waals surface area contributed by atoms with Gasteiger partial charge < -0.3 is 5.32 Å².